The molecule has 1 aromatic carbocycles. The Balaban J connectivity index is 1.49. The predicted molar refractivity (Wildman–Crippen MR) is 72.7 cm³/mol. The lowest BCUT2D eigenvalue weighted by Gasteiger charge is -2.33. The van der Waals surface area contributed by atoms with Crippen LogP contribution >= 0.6 is 0 Å². The number of amides is 1. The van der Waals surface area contributed by atoms with Gasteiger partial charge in [-0.3, -0.25) is 4.79 Å². The molecule has 1 aromatic rings. The summed E-state index contributed by atoms with van der Waals surface area (Å²) >= 11 is 0. The van der Waals surface area contributed by atoms with Gasteiger partial charge in [0.15, 0.2) is 0 Å². The van der Waals surface area contributed by atoms with Gasteiger partial charge < -0.3 is 9.74 Å². The minimum atomic E-state index is -0.340. The molecule has 1 aliphatic carbocycles. The zero-order chi connectivity index (χ0) is 13.9. The topological polar surface area (TPSA) is 49.9 Å². The highest BCUT2D eigenvalue weighted by atomic mass is 16.7. The monoisotopic (exact) mass is 274 g/mol. The Morgan fingerprint density at radius 1 is 1.00 bits per heavy atom. The average molecular weight is 274 g/mol. The third-order valence-electron chi connectivity index (χ3n) is 3.70. The van der Waals surface area contributed by atoms with E-state index in [9.17, 15) is 9.59 Å². The molecular formula is C15H18N2O3. The van der Waals surface area contributed by atoms with E-state index in [1.54, 1.807) is 17.2 Å². The molecule has 0 radical (unpaired) electrons. The van der Waals surface area contributed by atoms with E-state index in [0.717, 1.165) is 12.8 Å². The maximum atomic E-state index is 11.9. The quantitative estimate of drug-likeness (QED) is 0.834. The number of hydroxylamine groups is 2. The number of rotatable bonds is 3. The largest absolute Gasteiger partial charge is 0.364 e. The lowest BCUT2D eigenvalue weighted by atomic mass is 10.2. The highest BCUT2D eigenvalue weighted by Crippen LogP contribution is 2.31. The van der Waals surface area contributed by atoms with Crippen LogP contribution in [0.5, 0.6) is 0 Å². The molecule has 0 atom stereocenters. The first-order valence-corrected chi connectivity index (χ1v) is 7.05. The molecule has 0 N–H and O–H groups in total. The molecule has 5 heteroatoms. The normalized spacial score (nSPS) is 19.7. The maximum Gasteiger partial charge on any atom is 0.357 e. The molecule has 0 aromatic heterocycles. The van der Waals surface area contributed by atoms with Crippen LogP contribution in [0.2, 0.25) is 0 Å². The van der Waals surface area contributed by atoms with Crippen molar-refractivity contribution < 1.29 is 14.4 Å². The molecule has 1 heterocycles. The fourth-order valence-electron chi connectivity index (χ4n) is 2.33. The van der Waals surface area contributed by atoms with Gasteiger partial charge in [-0.1, -0.05) is 18.2 Å². The summed E-state index contributed by atoms with van der Waals surface area (Å²) in [6.45, 7) is 2.43. The Labute approximate surface area is 118 Å². The van der Waals surface area contributed by atoms with E-state index >= 15 is 0 Å². The van der Waals surface area contributed by atoms with Crippen molar-refractivity contribution in [3.63, 3.8) is 0 Å². The molecule has 5 nitrogen and oxygen atoms in total. The molecule has 106 valence electrons. The van der Waals surface area contributed by atoms with Gasteiger partial charge in [0.25, 0.3) is 0 Å². The fraction of sp³-hybridized carbons (Fsp3) is 0.467. The van der Waals surface area contributed by atoms with Gasteiger partial charge in [-0.2, -0.15) is 0 Å². The van der Waals surface area contributed by atoms with Crippen molar-refractivity contribution in [2.45, 2.75) is 12.8 Å². The van der Waals surface area contributed by atoms with Crippen LogP contribution in [-0.4, -0.2) is 48.0 Å². The van der Waals surface area contributed by atoms with Gasteiger partial charge in [0, 0.05) is 19.0 Å². The van der Waals surface area contributed by atoms with Gasteiger partial charge in [0.1, 0.15) is 0 Å². The summed E-state index contributed by atoms with van der Waals surface area (Å²) in [5, 5.41) is 1.64. The maximum absolute atomic E-state index is 11.9. The summed E-state index contributed by atoms with van der Waals surface area (Å²) in [7, 11) is 0. The van der Waals surface area contributed by atoms with E-state index in [2.05, 4.69) is 0 Å². The SMILES string of the molecule is O=C(ON1CCN(C(=O)C2CC2)CC1)c1ccccc1. The molecule has 1 saturated carbocycles. The van der Waals surface area contributed by atoms with Crippen molar-refractivity contribution in [2.75, 3.05) is 26.2 Å². The van der Waals surface area contributed by atoms with Crippen LogP contribution in [0.15, 0.2) is 30.3 Å². The summed E-state index contributed by atoms with van der Waals surface area (Å²) in [6.07, 6.45) is 2.06. The lowest BCUT2D eigenvalue weighted by Crippen LogP contribution is -2.49. The summed E-state index contributed by atoms with van der Waals surface area (Å²) < 4.78 is 0. The highest BCUT2D eigenvalue weighted by molar-refractivity contribution is 5.89. The smallest absolute Gasteiger partial charge is 0.357 e. The number of nitrogens with zero attached hydrogens (tertiary/aromatic N) is 2. The van der Waals surface area contributed by atoms with Crippen LogP contribution in [0.1, 0.15) is 23.2 Å². The van der Waals surface area contributed by atoms with E-state index in [0.29, 0.717) is 31.7 Å². The molecule has 3 rings (SSSR count). The van der Waals surface area contributed by atoms with E-state index in [4.69, 9.17) is 4.84 Å². The zero-order valence-corrected chi connectivity index (χ0v) is 11.3. The Hall–Kier alpha value is -1.88. The first-order valence-electron chi connectivity index (χ1n) is 7.05. The van der Waals surface area contributed by atoms with Crippen molar-refractivity contribution in [3.05, 3.63) is 35.9 Å². The van der Waals surface area contributed by atoms with Crippen molar-refractivity contribution >= 4 is 11.9 Å². The highest BCUT2D eigenvalue weighted by Gasteiger charge is 2.35. The first-order chi connectivity index (χ1) is 9.74. The molecule has 0 unspecified atom stereocenters. The molecule has 1 aliphatic heterocycles. The van der Waals surface area contributed by atoms with Gasteiger partial charge >= 0.3 is 5.97 Å². The third kappa shape index (κ3) is 2.99. The molecule has 2 aliphatic rings. The molecule has 0 spiro atoms. The summed E-state index contributed by atoms with van der Waals surface area (Å²) in [4.78, 5) is 31.0. The average Bonchev–Trinajstić information content (AvgIpc) is 3.33. The predicted octanol–water partition coefficient (Wildman–Crippen LogP) is 1.31. The summed E-state index contributed by atoms with van der Waals surface area (Å²) in [5.41, 5.74) is 0.545. The fourth-order valence-corrected chi connectivity index (χ4v) is 2.33. The second-order valence-electron chi connectivity index (χ2n) is 5.27. The van der Waals surface area contributed by atoms with E-state index < -0.39 is 0 Å². The number of hydrogen-bond acceptors (Lipinski definition) is 4. The Morgan fingerprint density at radius 2 is 1.65 bits per heavy atom. The van der Waals surface area contributed by atoms with Crippen LogP contribution in [0, 0.1) is 5.92 Å². The molecular weight excluding hydrogens is 256 g/mol. The molecule has 0 bridgehead atoms. The van der Waals surface area contributed by atoms with Gasteiger partial charge in [0.2, 0.25) is 5.91 Å². The van der Waals surface area contributed by atoms with Gasteiger partial charge in [-0.25, -0.2) is 4.79 Å². The van der Waals surface area contributed by atoms with E-state index in [1.165, 1.54) is 0 Å². The second-order valence-corrected chi connectivity index (χ2v) is 5.27. The van der Waals surface area contributed by atoms with Crippen molar-refractivity contribution in [2.24, 2.45) is 5.92 Å². The Morgan fingerprint density at radius 3 is 2.25 bits per heavy atom. The third-order valence-corrected chi connectivity index (χ3v) is 3.70. The lowest BCUT2D eigenvalue weighted by molar-refractivity contribution is -0.149. The summed E-state index contributed by atoms with van der Waals surface area (Å²) in [6, 6.07) is 8.94. The Kier molecular flexibility index (Phi) is 3.69. The van der Waals surface area contributed by atoms with Crippen LogP contribution in [0.25, 0.3) is 0 Å². The molecule has 1 saturated heterocycles. The van der Waals surface area contributed by atoms with Crippen molar-refractivity contribution in [1.29, 1.82) is 0 Å². The summed E-state index contributed by atoms with van der Waals surface area (Å²) in [5.74, 6) is 0.181. The Bertz CT molecular complexity index is 491. The number of benzene rings is 1. The standard InChI is InChI=1S/C15H18N2O3/c18-14(12-6-7-12)16-8-10-17(11-9-16)20-15(19)13-4-2-1-3-5-13/h1-5,12H,6-11H2. The second kappa shape index (κ2) is 5.63. The number of carbonyl (C=O) groups is 2. The van der Waals surface area contributed by atoms with Crippen LogP contribution in [0.3, 0.4) is 0 Å². The van der Waals surface area contributed by atoms with Crippen LogP contribution in [0.4, 0.5) is 0 Å². The van der Waals surface area contributed by atoms with Gasteiger partial charge in [-0.05, 0) is 25.0 Å². The number of carbonyl (C=O) groups excluding carboxylic acids is 2. The zero-order valence-electron chi connectivity index (χ0n) is 11.3. The van der Waals surface area contributed by atoms with Crippen LogP contribution < -0.4 is 0 Å². The van der Waals surface area contributed by atoms with Crippen molar-refractivity contribution in [1.82, 2.24) is 9.96 Å². The van der Waals surface area contributed by atoms with Crippen molar-refractivity contribution in [3.8, 4) is 0 Å². The number of piperazine rings is 1. The van der Waals surface area contributed by atoms with E-state index in [1.807, 2.05) is 23.1 Å². The molecule has 1 amide bonds. The van der Waals surface area contributed by atoms with Crippen LogP contribution in [-0.2, 0) is 9.63 Å². The van der Waals surface area contributed by atoms with E-state index in [-0.39, 0.29) is 17.8 Å². The minimum Gasteiger partial charge on any atom is -0.364 e. The minimum absolute atomic E-state index is 0.258. The first kappa shape index (κ1) is 13.1. The van der Waals surface area contributed by atoms with Gasteiger partial charge in [0.05, 0.1) is 18.7 Å². The molecule has 2 fully saturated rings. The van der Waals surface area contributed by atoms with Gasteiger partial charge in [-0.15, -0.1) is 5.06 Å². The number of hydrogen-bond donors (Lipinski definition) is 0. The molecule has 20 heavy (non-hydrogen) atoms.